The van der Waals surface area contributed by atoms with E-state index in [0.717, 1.165) is 17.3 Å². The van der Waals surface area contributed by atoms with Crippen LogP contribution in [0.25, 0.3) is 0 Å². The summed E-state index contributed by atoms with van der Waals surface area (Å²) in [5, 5.41) is 3.99. The Morgan fingerprint density at radius 3 is 2.35 bits per heavy atom. The maximum Gasteiger partial charge on any atom is 0.251 e. The zero-order valence-electron chi connectivity index (χ0n) is 10.7. The Balaban J connectivity index is 2.66. The van der Waals surface area contributed by atoms with E-state index in [1.807, 2.05) is 31.2 Å². The van der Waals surface area contributed by atoms with Crippen LogP contribution in [0.1, 0.15) is 36.2 Å². The molecular weight excluding hydrogens is 278 g/mol. The van der Waals surface area contributed by atoms with Crippen LogP contribution in [0, 0.1) is 12.8 Å². The SMILES string of the molecule is Cc1ccc(C(=O)NC(CCBr)C(C)C)cc1. The molecule has 2 nitrogen and oxygen atoms in total. The summed E-state index contributed by atoms with van der Waals surface area (Å²) in [7, 11) is 0. The van der Waals surface area contributed by atoms with Crippen LogP contribution in [0.15, 0.2) is 24.3 Å². The fraction of sp³-hybridized carbons (Fsp3) is 0.500. The van der Waals surface area contributed by atoms with Gasteiger partial charge in [-0.15, -0.1) is 0 Å². The molecule has 0 aliphatic heterocycles. The summed E-state index contributed by atoms with van der Waals surface area (Å²) < 4.78 is 0. The van der Waals surface area contributed by atoms with Gasteiger partial charge in [0.1, 0.15) is 0 Å². The van der Waals surface area contributed by atoms with E-state index < -0.39 is 0 Å². The lowest BCUT2D eigenvalue weighted by Crippen LogP contribution is -2.38. The Labute approximate surface area is 112 Å². The monoisotopic (exact) mass is 297 g/mol. The first-order chi connectivity index (χ1) is 8.04. The van der Waals surface area contributed by atoms with Crippen molar-refractivity contribution in [3.63, 3.8) is 0 Å². The van der Waals surface area contributed by atoms with Crippen molar-refractivity contribution in [3.05, 3.63) is 35.4 Å². The highest BCUT2D eigenvalue weighted by molar-refractivity contribution is 9.09. The normalized spacial score (nSPS) is 12.5. The molecule has 0 aliphatic rings. The summed E-state index contributed by atoms with van der Waals surface area (Å²) in [6.45, 7) is 6.27. The van der Waals surface area contributed by atoms with Crippen molar-refractivity contribution in [1.29, 1.82) is 0 Å². The first-order valence-electron chi connectivity index (χ1n) is 5.98. The second-order valence-electron chi connectivity index (χ2n) is 4.67. The van der Waals surface area contributed by atoms with Gasteiger partial charge in [-0.25, -0.2) is 0 Å². The van der Waals surface area contributed by atoms with E-state index in [4.69, 9.17) is 0 Å². The molecule has 1 amide bonds. The quantitative estimate of drug-likeness (QED) is 0.828. The van der Waals surface area contributed by atoms with E-state index in [0.29, 0.717) is 5.92 Å². The van der Waals surface area contributed by atoms with E-state index in [-0.39, 0.29) is 11.9 Å². The second-order valence-corrected chi connectivity index (χ2v) is 5.46. The second kappa shape index (κ2) is 6.80. The van der Waals surface area contributed by atoms with Crippen LogP contribution in [0.2, 0.25) is 0 Å². The standard InChI is InChI=1S/C14H20BrNO/c1-10(2)13(8-9-15)16-14(17)12-6-4-11(3)5-7-12/h4-7,10,13H,8-9H2,1-3H3,(H,16,17). The third kappa shape index (κ3) is 4.50. The van der Waals surface area contributed by atoms with Crippen molar-refractivity contribution in [3.8, 4) is 0 Å². The number of benzene rings is 1. The number of carbonyl (C=O) groups excluding carboxylic acids is 1. The van der Waals surface area contributed by atoms with Crippen LogP contribution in [0.4, 0.5) is 0 Å². The van der Waals surface area contributed by atoms with Crippen LogP contribution in [0.5, 0.6) is 0 Å². The van der Waals surface area contributed by atoms with Gasteiger partial charge in [0.2, 0.25) is 0 Å². The fourth-order valence-corrected chi connectivity index (χ4v) is 2.14. The Kier molecular flexibility index (Phi) is 5.69. The number of halogens is 1. The molecule has 1 aromatic carbocycles. The molecule has 0 saturated carbocycles. The Hall–Kier alpha value is -0.830. The number of hydrogen-bond acceptors (Lipinski definition) is 1. The molecule has 1 rings (SSSR count). The van der Waals surface area contributed by atoms with E-state index in [1.165, 1.54) is 5.56 Å². The summed E-state index contributed by atoms with van der Waals surface area (Å²) in [6, 6.07) is 7.89. The molecule has 0 fully saturated rings. The molecular formula is C14H20BrNO. The number of hydrogen-bond donors (Lipinski definition) is 1. The van der Waals surface area contributed by atoms with Gasteiger partial charge in [-0.1, -0.05) is 47.5 Å². The third-order valence-corrected chi connectivity index (χ3v) is 3.31. The average Bonchev–Trinajstić information content (AvgIpc) is 2.29. The molecule has 0 spiro atoms. The zero-order valence-corrected chi connectivity index (χ0v) is 12.3. The summed E-state index contributed by atoms with van der Waals surface area (Å²) in [6.07, 6.45) is 0.954. The number of amides is 1. The number of rotatable bonds is 5. The van der Waals surface area contributed by atoms with Crippen molar-refractivity contribution in [2.75, 3.05) is 5.33 Å². The van der Waals surface area contributed by atoms with E-state index >= 15 is 0 Å². The van der Waals surface area contributed by atoms with Crippen LogP contribution >= 0.6 is 15.9 Å². The molecule has 17 heavy (non-hydrogen) atoms. The van der Waals surface area contributed by atoms with Gasteiger partial charge in [-0.05, 0) is 31.4 Å². The highest BCUT2D eigenvalue weighted by Gasteiger charge is 2.16. The van der Waals surface area contributed by atoms with Gasteiger partial charge in [0.15, 0.2) is 0 Å². The number of nitrogens with one attached hydrogen (secondary N) is 1. The molecule has 94 valence electrons. The molecule has 0 radical (unpaired) electrons. The topological polar surface area (TPSA) is 29.1 Å². The van der Waals surface area contributed by atoms with E-state index in [2.05, 4.69) is 35.1 Å². The molecule has 0 bridgehead atoms. The van der Waals surface area contributed by atoms with Crippen LogP contribution < -0.4 is 5.32 Å². The lowest BCUT2D eigenvalue weighted by molar-refractivity contribution is 0.0925. The minimum atomic E-state index is 0.0182. The minimum Gasteiger partial charge on any atom is -0.349 e. The predicted molar refractivity (Wildman–Crippen MR) is 75.7 cm³/mol. The lowest BCUT2D eigenvalue weighted by Gasteiger charge is -2.21. The van der Waals surface area contributed by atoms with E-state index in [1.54, 1.807) is 0 Å². The Bertz CT molecular complexity index is 359. The van der Waals surface area contributed by atoms with Gasteiger partial charge in [0.25, 0.3) is 5.91 Å². The molecule has 3 heteroatoms. The van der Waals surface area contributed by atoms with Crippen molar-refractivity contribution in [2.45, 2.75) is 33.2 Å². The summed E-state index contributed by atoms with van der Waals surface area (Å²) in [5.41, 5.74) is 1.90. The summed E-state index contributed by atoms with van der Waals surface area (Å²) in [4.78, 5) is 12.0. The van der Waals surface area contributed by atoms with Gasteiger partial charge < -0.3 is 5.32 Å². The largest absolute Gasteiger partial charge is 0.349 e. The maximum absolute atomic E-state index is 12.0. The molecule has 0 aromatic heterocycles. The maximum atomic E-state index is 12.0. The average molecular weight is 298 g/mol. The molecule has 1 unspecified atom stereocenters. The minimum absolute atomic E-state index is 0.0182. The van der Waals surface area contributed by atoms with Gasteiger partial charge in [-0.2, -0.15) is 0 Å². The third-order valence-electron chi connectivity index (χ3n) is 2.86. The molecule has 0 saturated heterocycles. The first kappa shape index (κ1) is 14.2. The highest BCUT2D eigenvalue weighted by atomic mass is 79.9. The van der Waals surface area contributed by atoms with Gasteiger partial charge >= 0.3 is 0 Å². The number of alkyl halides is 1. The summed E-state index contributed by atoms with van der Waals surface area (Å²) >= 11 is 3.42. The van der Waals surface area contributed by atoms with Crippen molar-refractivity contribution >= 4 is 21.8 Å². The lowest BCUT2D eigenvalue weighted by atomic mass is 10.0. The van der Waals surface area contributed by atoms with Gasteiger partial charge in [-0.3, -0.25) is 4.79 Å². The molecule has 0 aliphatic carbocycles. The molecule has 1 atom stereocenters. The zero-order chi connectivity index (χ0) is 12.8. The van der Waals surface area contributed by atoms with Crippen LogP contribution in [0.3, 0.4) is 0 Å². The Morgan fingerprint density at radius 1 is 1.29 bits per heavy atom. The predicted octanol–water partition coefficient (Wildman–Crippen LogP) is 3.53. The van der Waals surface area contributed by atoms with Crippen molar-refractivity contribution in [2.24, 2.45) is 5.92 Å². The van der Waals surface area contributed by atoms with E-state index in [9.17, 15) is 4.79 Å². The van der Waals surface area contributed by atoms with Crippen LogP contribution in [-0.2, 0) is 0 Å². The fourth-order valence-electron chi connectivity index (χ4n) is 1.65. The van der Waals surface area contributed by atoms with Crippen molar-refractivity contribution < 1.29 is 4.79 Å². The molecule has 1 aromatic rings. The van der Waals surface area contributed by atoms with Gasteiger partial charge in [0.05, 0.1) is 0 Å². The molecule has 1 N–H and O–H groups in total. The first-order valence-corrected chi connectivity index (χ1v) is 7.10. The highest BCUT2D eigenvalue weighted by Crippen LogP contribution is 2.10. The number of carbonyl (C=O) groups is 1. The Morgan fingerprint density at radius 2 is 1.88 bits per heavy atom. The van der Waals surface area contributed by atoms with Crippen LogP contribution in [-0.4, -0.2) is 17.3 Å². The summed E-state index contributed by atoms with van der Waals surface area (Å²) in [5.74, 6) is 0.464. The smallest absolute Gasteiger partial charge is 0.251 e. The van der Waals surface area contributed by atoms with Gasteiger partial charge in [0, 0.05) is 16.9 Å². The number of aryl methyl sites for hydroxylation is 1. The van der Waals surface area contributed by atoms with Crippen molar-refractivity contribution in [1.82, 2.24) is 5.32 Å². The molecule has 0 heterocycles.